The van der Waals surface area contributed by atoms with E-state index in [9.17, 15) is 4.79 Å². The summed E-state index contributed by atoms with van der Waals surface area (Å²) in [4.78, 5) is 11.0. The Bertz CT molecular complexity index is 354. The first kappa shape index (κ1) is 15.1. The second-order valence-corrected chi connectivity index (χ2v) is 5.66. The highest BCUT2D eigenvalue weighted by Gasteiger charge is 2.19. The fourth-order valence-corrected chi connectivity index (χ4v) is 2.49. The fourth-order valence-electron chi connectivity index (χ4n) is 1.66. The van der Waals surface area contributed by atoms with Gasteiger partial charge in [-0.2, -0.15) is 11.8 Å². The zero-order chi connectivity index (χ0) is 13.4. The van der Waals surface area contributed by atoms with Gasteiger partial charge in [0.2, 0.25) is 0 Å². The second-order valence-electron chi connectivity index (χ2n) is 4.55. The number of aliphatic carboxylic acids is 1. The van der Waals surface area contributed by atoms with Crippen molar-refractivity contribution in [3.05, 3.63) is 35.9 Å². The van der Waals surface area contributed by atoms with Gasteiger partial charge in [0, 0.05) is 18.1 Å². The minimum Gasteiger partial charge on any atom is -0.480 e. The highest BCUT2D eigenvalue weighted by Crippen LogP contribution is 2.11. The van der Waals surface area contributed by atoms with Crippen LogP contribution in [0.25, 0.3) is 0 Å². The third-order valence-electron chi connectivity index (χ3n) is 2.65. The molecule has 0 aliphatic rings. The topological polar surface area (TPSA) is 49.3 Å². The van der Waals surface area contributed by atoms with E-state index in [2.05, 4.69) is 17.4 Å². The van der Waals surface area contributed by atoms with E-state index in [4.69, 9.17) is 5.11 Å². The first-order valence-electron chi connectivity index (χ1n) is 6.19. The maximum absolute atomic E-state index is 11.0. The van der Waals surface area contributed by atoms with Gasteiger partial charge in [-0.3, -0.25) is 4.79 Å². The van der Waals surface area contributed by atoms with Crippen LogP contribution in [0.2, 0.25) is 0 Å². The van der Waals surface area contributed by atoms with Gasteiger partial charge in [-0.15, -0.1) is 0 Å². The minimum absolute atomic E-state index is 0.113. The standard InChI is InChI=1S/C14H21NO2S/c1-11(2)13(14(16)17)15-8-9-18-10-12-6-4-3-5-7-12/h3-7,11,13,15H,8-10H2,1-2H3,(H,16,17)/t13-/m1/s1. The van der Waals surface area contributed by atoms with Crippen LogP contribution >= 0.6 is 11.8 Å². The molecule has 0 amide bonds. The van der Waals surface area contributed by atoms with E-state index >= 15 is 0 Å². The number of benzene rings is 1. The number of rotatable bonds is 8. The van der Waals surface area contributed by atoms with E-state index in [1.54, 1.807) is 0 Å². The number of nitrogens with one attached hydrogen (secondary N) is 1. The Hall–Kier alpha value is -1.00. The van der Waals surface area contributed by atoms with Crippen LogP contribution in [0.15, 0.2) is 30.3 Å². The van der Waals surface area contributed by atoms with Gasteiger partial charge < -0.3 is 10.4 Å². The molecule has 3 nitrogen and oxygen atoms in total. The van der Waals surface area contributed by atoms with Crippen molar-refractivity contribution in [2.75, 3.05) is 12.3 Å². The first-order valence-corrected chi connectivity index (χ1v) is 7.34. The number of carboxylic acid groups (broad SMARTS) is 1. The van der Waals surface area contributed by atoms with Gasteiger partial charge in [-0.1, -0.05) is 44.2 Å². The van der Waals surface area contributed by atoms with Crippen molar-refractivity contribution in [2.24, 2.45) is 5.92 Å². The van der Waals surface area contributed by atoms with Crippen LogP contribution in [0.1, 0.15) is 19.4 Å². The molecule has 0 unspecified atom stereocenters. The zero-order valence-electron chi connectivity index (χ0n) is 10.9. The van der Waals surface area contributed by atoms with E-state index in [0.29, 0.717) is 0 Å². The molecule has 1 atom stereocenters. The van der Waals surface area contributed by atoms with Crippen molar-refractivity contribution in [3.63, 3.8) is 0 Å². The summed E-state index contributed by atoms with van der Waals surface area (Å²) in [5, 5.41) is 12.1. The second kappa shape index (κ2) is 8.16. The van der Waals surface area contributed by atoms with E-state index in [1.165, 1.54) is 5.56 Å². The molecule has 100 valence electrons. The molecule has 0 saturated heterocycles. The van der Waals surface area contributed by atoms with E-state index in [1.807, 2.05) is 43.8 Å². The molecule has 0 fully saturated rings. The summed E-state index contributed by atoms with van der Waals surface area (Å²) < 4.78 is 0. The predicted octanol–water partition coefficient (Wildman–Crippen LogP) is 2.62. The summed E-state index contributed by atoms with van der Waals surface area (Å²) in [6.07, 6.45) is 0. The molecule has 1 aromatic carbocycles. The number of hydrogen-bond donors (Lipinski definition) is 2. The highest BCUT2D eigenvalue weighted by atomic mass is 32.2. The summed E-state index contributed by atoms with van der Waals surface area (Å²) in [6, 6.07) is 9.85. The van der Waals surface area contributed by atoms with E-state index in [-0.39, 0.29) is 5.92 Å². The van der Waals surface area contributed by atoms with Crippen molar-refractivity contribution in [2.45, 2.75) is 25.6 Å². The summed E-state index contributed by atoms with van der Waals surface area (Å²) in [7, 11) is 0. The molecule has 4 heteroatoms. The molecule has 0 saturated carbocycles. The maximum Gasteiger partial charge on any atom is 0.320 e. The van der Waals surface area contributed by atoms with Crippen LogP contribution in [0.3, 0.4) is 0 Å². The Morgan fingerprint density at radius 1 is 1.33 bits per heavy atom. The highest BCUT2D eigenvalue weighted by molar-refractivity contribution is 7.98. The Morgan fingerprint density at radius 3 is 2.56 bits per heavy atom. The van der Waals surface area contributed by atoms with Crippen LogP contribution < -0.4 is 5.32 Å². The molecular weight excluding hydrogens is 246 g/mol. The molecule has 0 aliphatic heterocycles. The molecule has 0 aliphatic carbocycles. The molecule has 0 aromatic heterocycles. The lowest BCUT2D eigenvalue weighted by molar-refractivity contribution is -0.140. The van der Waals surface area contributed by atoms with Crippen molar-refractivity contribution in [1.29, 1.82) is 0 Å². The Morgan fingerprint density at radius 2 is 2.00 bits per heavy atom. The van der Waals surface area contributed by atoms with E-state index < -0.39 is 12.0 Å². The average molecular weight is 267 g/mol. The van der Waals surface area contributed by atoms with Crippen molar-refractivity contribution >= 4 is 17.7 Å². The van der Waals surface area contributed by atoms with Crippen molar-refractivity contribution < 1.29 is 9.90 Å². The number of carbonyl (C=O) groups is 1. The first-order chi connectivity index (χ1) is 8.61. The summed E-state index contributed by atoms with van der Waals surface area (Å²) in [6.45, 7) is 4.57. The van der Waals surface area contributed by atoms with Gasteiger partial charge in [0.1, 0.15) is 6.04 Å². The van der Waals surface area contributed by atoms with Gasteiger partial charge >= 0.3 is 5.97 Å². The molecular formula is C14H21NO2S. The van der Waals surface area contributed by atoms with Crippen molar-refractivity contribution in [3.8, 4) is 0 Å². The molecule has 0 spiro atoms. The number of carboxylic acids is 1. The molecule has 2 N–H and O–H groups in total. The monoisotopic (exact) mass is 267 g/mol. The van der Waals surface area contributed by atoms with Gasteiger partial charge in [0.05, 0.1) is 0 Å². The predicted molar refractivity (Wildman–Crippen MR) is 76.9 cm³/mol. The average Bonchev–Trinajstić information content (AvgIpc) is 2.34. The lowest BCUT2D eigenvalue weighted by Gasteiger charge is -2.17. The molecule has 1 rings (SSSR count). The normalized spacial score (nSPS) is 12.6. The van der Waals surface area contributed by atoms with Crippen LogP contribution in [-0.2, 0) is 10.5 Å². The minimum atomic E-state index is -0.766. The lowest BCUT2D eigenvalue weighted by Crippen LogP contribution is -2.41. The molecule has 1 aromatic rings. The molecule has 0 heterocycles. The van der Waals surface area contributed by atoms with Crippen LogP contribution in [0.4, 0.5) is 0 Å². The molecule has 0 bridgehead atoms. The maximum atomic E-state index is 11.0. The van der Waals surface area contributed by atoms with Gasteiger partial charge in [-0.05, 0) is 11.5 Å². The van der Waals surface area contributed by atoms with Crippen LogP contribution in [0.5, 0.6) is 0 Å². The van der Waals surface area contributed by atoms with Gasteiger partial charge in [0.25, 0.3) is 0 Å². The Balaban J connectivity index is 2.17. The fraction of sp³-hybridized carbons (Fsp3) is 0.500. The third kappa shape index (κ3) is 5.56. The molecule has 0 radical (unpaired) electrons. The largest absolute Gasteiger partial charge is 0.480 e. The Labute approximate surface area is 113 Å². The zero-order valence-corrected chi connectivity index (χ0v) is 11.7. The third-order valence-corrected chi connectivity index (χ3v) is 3.69. The SMILES string of the molecule is CC(C)[C@@H](NCCSCc1ccccc1)C(=O)O. The van der Waals surface area contributed by atoms with Gasteiger partial charge in [-0.25, -0.2) is 0 Å². The van der Waals surface area contributed by atoms with E-state index in [0.717, 1.165) is 18.1 Å². The van der Waals surface area contributed by atoms with Crippen LogP contribution in [0, 0.1) is 5.92 Å². The summed E-state index contributed by atoms with van der Waals surface area (Å²) in [5.74, 6) is 1.24. The quantitative estimate of drug-likeness (QED) is 0.711. The summed E-state index contributed by atoms with van der Waals surface area (Å²) in [5.41, 5.74) is 1.31. The van der Waals surface area contributed by atoms with Crippen LogP contribution in [-0.4, -0.2) is 29.4 Å². The number of hydrogen-bond acceptors (Lipinski definition) is 3. The lowest BCUT2D eigenvalue weighted by atomic mass is 10.1. The van der Waals surface area contributed by atoms with Crippen molar-refractivity contribution in [1.82, 2.24) is 5.32 Å². The Kier molecular flexibility index (Phi) is 6.83. The smallest absolute Gasteiger partial charge is 0.320 e. The van der Waals surface area contributed by atoms with Gasteiger partial charge in [0.15, 0.2) is 0 Å². The number of thioether (sulfide) groups is 1. The summed E-state index contributed by atoms with van der Waals surface area (Å²) >= 11 is 1.82. The molecule has 18 heavy (non-hydrogen) atoms.